The summed E-state index contributed by atoms with van der Waals surface area (Å²) in [5, 5.41) is 2.55. The molecule has 1 aromatic carbocycles. The molecule has 1 heterocycles. The third-order valence-electron chi connectivity index (χ3n) is 4.07. The zero-order valence-electron chi connectivity index (χ0n) is 13.5. The van der Waals surface area contributed by atoms with Gasteiger partial charge in [-0.3, -0.25) is 9.59 Å². The highest BCUT2D eigenvalue weighted by Crippen LogP contribution is 2.25. The fraction of sp³-hybridized carbons (Fsp3) is 0.500. The zero-order valence-corrected chi connectivity index (χ0v) is 14.3. The molecule has 0 unspecified atom stereocenters. The number of likely N-dealkylation sites (N-methyl/N-ethyl adjacent to an activating group) is 1. The summed E-state index contributed by atoms with van der Waals surface area (Å²) in [7, 11) is 2.00. The predicted octanol–water partition coefficient (Wildman–Crippen LogP) is 2.22. The standard InChI is InChI=1S/C16H21ClFN3O2/c1-16(2,15(23)21-8-6-20(3)7-9-21)14(22)19-11-4-5-13(18)12(17)10-11/h4-5,10H,6-9H2,1-3H3,(H,19,22). The number of rotatable bonds is 3. The van der Waals surface area contributed by atoms with Crippen LogP contribution in [0.15, 0.2) is 18.2 Å². The van der Waals surface area contributed by atoms with Crippen molar-refractivity contribution in [2.75, 3.05) is 38.5 Å². The molecule has 1 N–H and O–H groups in total. The maximum atomic E-state index is 13.2. The summed E-state index contributed by atoms with van der Waals surface area (Å²) in [6.45, 7) is 5.97. The molecule has 0 saturated carbocycles. The summed E-state index contributed by atoms with van der Waals surface area (Å²) >= 11 is 5.70. The minimum atomic E-state index is -1.21. The summed E-state index contributed by atoms with van der Waals surface area (Å²) < 4.78 is 13.2. The average Bonchev–Trinajstić information content (AvgIpc) is 2.51. The Labute approximate surface area is 140 Å². The van der Waals surface area contributed by atoms with Gasteiger partial charge in [-0.05, 0) is 39.1 Å². The Morgan fingerprint density at radius 3 is 2.39 bits per heavy atom. The minimum absolute atomic E-state index is 0.0778. The van der Waals surface area contributed by atoms with E-state index in [1.165, 1.54) is 18.2 Å². The molecular weight excluding hydrogens is 321 g/mol. The van der Waals surface area contributed by atoms with Crippen molar-refractivity contribution in [1.29, 1.82) is 0 Å². The number of hydrogen-bond donors (Lipinski definition) is 1. The van der Waals surface area contributed by atoms with Crippen LogP contribution < -0.4 is 5.32 Å². The number of benzene rings is 1. The molecule has 1 aliphatic rings. The molecule has 0 aromatic heterocycles. The monoisotopic (exact) mass is 341 g/mol. The van der Waals surface area contributed by atoms with Crippen molar-refractivity contribution >= 4 is 29.1 Å². The van der Waals surface area contributed by atoms with Gasteiger partial charge in [-0.25, -0.2) is 4.39 Å². The highest BCUT2D eigenvalue weighted by molar-refractivity contribution is 6.31. The molecule has 2 rings (SSSR count). The number of anilines is 1. The number of carbonyl (C=O) groups excluding carboxylic acids is 2. The van der Waals surface area contributed by atoms with Gasteiger partial charge in [0, 0.05) is 31.9 Å². The second-order valence-electron chi connectivity index (χ2n) is 6.30. The number of nitrogens with zero attached hydrogens (tertiary/aromatic N) is 2. The van der Waals surface area contributed by atoms with Gasteiger partial charge >= 0.3 is 0 Å². The van der Waals surface area contributed by atoms with Crippen LogP contribution in [-0.2, 0) is 9.59 Å². The molecule has 0 atom stereocenters. The lowest BCUT2D eigenvalue weighted by Gasteiger charge is -2.36. The smallest absolute Gasteiger partial charge is 0.239 e. The van der Waals surface area contributed by atoms with Crippen LogP contribution in [0.3, 0.4) is 0 Å². The van der Waals surface area contributed by atoms with E-state index in [9.17, 15) is 14.0 Å². The Balaban J connectivity index is 2.06. The third kappa shape index (κ3) is 4.00. The lowest BCUT2D eigenvalue weighted by molar-refractivity contribution is -0.147. The molecule has 0 spiro atoms. The van der Waals surface area contributed by atoms with Gasteiger partial charge in [-0.2, -0.15) is 0 Å². The molecule has 0 radical (unpaired) electrons. The summed E-state index contributed by atoms with van der Waals surface area (Å²) in [5.74, 6) is -1.21. The minimum Gasteiger partial charge on any atom is -0.339 e. The van der Waals surface area contributed by atoms with E-state index in [0.29, 0.717) is 18.8 Å². The van der Waals surface area contributed by atoms with Crippen LogP contribution in [-0.4, -0.2) is 54.8 Å². The van der Waals surface area contributed by atoms with Gasteiger partial charge in [-0.15, -0.1) is 0 Å². The van der Waals surface area contributed by atoms with Crippen molar-refractivity contribution in [2.24, 2.45) is 5.41 Å². The largest absolute Gasteiger partial charge is 0.339 e. The van der Waals surface area contributed by atoms with Crippen LogP contribution in [0.25, 0.3) is 0 Å². The van der Waals surface area contributed by atoms with E-state index in [1.54, 1.807) is 18.7 Å². The van der Waals surface area contributed by atoms with E-state index in [4.69, 9.17) is 11.6 Å². The number of amides is 2. The molecule has 5 nitrogen and oxygen atoms in total. The van der Waals surface area contributed by atoms with Crippen LogP contribution in [0.5, 0.6) is 0 Å². The third-order valence-corrected chi connectivity index (χ3v) is 4.36. The van der Waals surface area contributed by atoms with E-state index in [1.807, 2.05) is 7.05 Å². The van der Waals surface area contributed by atoms with Gasteiger partial charge in [0.25, 0.3) is 0 Å². The van der Waals surface area contributed by atoms with Crippen LogP contribution in [0.4, 0.5) is 10.1 Å². The van der Waals surface area contributed by atoms with E-state index >= 15 is 0 Å². The molecule has 2 amide bonds. The number of halogens is 2. The molecule has 126 valence electrons. The topological polar surface area (TPSA) is 52.7 Å². The Morgan fingerprint density at radius 1 is 1.22 bits per heavy atom. The fourth-order valence-electron chi connectivity index (χ4n) is 2.36. The molecule has 1 aromatic rings. The molecule has 1 saturated heterocycles. The van der Waals surface area contributed by atoms with E-state index in [-0.39, 0.29) is 10.9 Å². The first-order valence-corrected chi connectivity index (χ1v) is 7.84. The molecule has 7 heteroatoms. The quantitative estimate of drug-likeness (QED) is 0.858. The molecule has 0 aliphatic carbocycles. The van der Waals surface area contributed by atoms with Crippen molar-refractivity contribution in [3.05, 3.63) is 29.0 Å². The number of hydrogen-bond acceptors (Lipinski definition) is 3. The highest BCUT2D eigenvalue weighted by Gasteiger charge is 2.39. The predicted molar refractivity (Wildman–Crippen MR) is 87.9 cm³/mol. The zero-order chi connectivity index (χ0) is 17.2. The van der Waals surface area contributed by atoms with Crippen molar-refractivity contribution in [1.82, 2.24) is 9.80 Å². The van der Waals surface area contributed by atoms with Gasteiger partial charge in [0.1, 0.15) is 11.2 Å². The van der Waals surface area contributed by atoms with Crippen LogP contribution in [0.2, 0.25) is 5.02 Å². The molecule has 23 heavy (non-hydrogen) atoms. The van der Waals surface area contributed by atoms with Crippen LogP contribution in [0.1, 0.15) is 13.8 Å². The Hall–Kier alpha value is -1.66. The lowest BCUT2D eigenvalue weighted by Crippen LogP contribution is -2.53. The van der Waals surface area contributed by atoms with Gasteiger partial charge in [0.05, 0.1) is 5.02 Å². The summed E-state index contributed by atoms with van der Waals surface area (Å²) in [6.07, 6.45) is 0. The van der Waals surface area contributed by atoms with Crippen molar-refractivity contribution in [2.45, 2.75) is 13.8 Å². The van der Waals surface area contributed by atoms with Crippen molar-refractivity contribution in [3.8, 4) is 0 Å². The maximum Gasteiger partial charge on any atom is 0.239 e. The molecule has 1 fully saturated rings. The van der Waals surface area contributed by atoms with E-state index < -0.39 is 17.1 Å². The summed E-state index contributed by atoms with van der Waals surface area (Å²) in [6, 6.07) is 3.91. The normalized spacial score (nSPS) is 16.3. The van der Waals surface area contributed by atoms with Crippen molar-refractivity contribution in [3.63, 3.8) is 0 Å². The first kappa shape index (κ1) is 17.7. The Kier molecular flexibility index (Phi) is 5.26. The Bertz CT molecular complexity index is 613. The Morgan fingerprint density at radius 2 is 1.83 bits per heavy atom. The second kappa shape index (κ2) is 6.84. The second-order valence-corrected chi connectivity index (χ2v) is 6.71. The number of nitrogens with one attached hydrogen (secondary N) is 1. The highest BCUT2D eigenvalue weighted by atomic mass is 35.5. The van der Waals surface area contributed by atoms with Gasteiger partial charge in [0.15, 0.2) is 0 Å². The molecular formula is C16H21ClFN3O2. The van der Waals surface area contributed by atoms with E-state index in [2.05, 4.69) is 10.2 Å². The summed E-state index contributed by atoms with van der Waals surface area (Å²) in [4.78, 5) is 29.0. The first-order valence-electron chi connectivity index (χ1n) is 7.46. The average molecular weight is 342 g/mol. The maximum absolute atomic E-state index is 13.2. The fourth-order valence-corrected chi connectivity index (χ4v) is 2.54. The van der Waals surface area contributed by atoms with Gasteiger partial charge in [0.2, 0.25) is 11.8 Å². The number of carbonyl (C=O) groups is 2. The SMILES string of the molecule is CN1CCN(C(=O)C(C)(C)C(=O)Nc2ccc(F)c(Cl)c2)CC1. The lowest BCUT2D eigenvalue weighted by atomic mass is 9.89. The molecule has 0 bridgehead atoms. The van der Waals surface area contributed by atoms with Crippen LogP contribution in [0, 0.1) is 11.2 Å². The van der Waals surface area contributed by atoms with Crippen LogP contribution >= 0.6 is 11.6 Å². The number of piperazine rings is 1. The first-order chi connectivity index (χ1) is 10.7. The summed E-state index contributed by atoms with van der Waals surface area (Å²) in [5.41, 5.74) is -0.850. The van der Waals surface area contributed by atoms with Gasteiger partial charge < -0.3 is 15.1 Å². The van der Waals surface area contributed by atoms with Gasteiger partial charge in [-0.1, -0.05) is 11.6 Å². The van der Waals surface area contributed by atoms with E-state index in [0.717, 1.165) is 13.1 Å². The molecule has 1 aliphatic heterocycles. The van der Waals surface area contributed by atoms with Crippen molar-refractivity contribution < 1.29 is 14.0 Å².